The molecule has 0 bridgehead atoms. The Morgan fingerprint density at radius 2 is 1.57 bits per heavy atom. The van der Waals surface area contributed by atoms with Crippen LogP contribution in [-0.4, -0.2) is 19.0 Å². The van der Waals surface area contributed by atoms with Gasteiger partial charge < -0.3 is 18.6 Å². The van der Waals surface area contributed by atoms with Crippen LogP contribution in [0.25, 0.3) is 22.1 Å². The van der Waals surface area contributed by atoms with Gasteiger partial charge in [-0.2, -0.15) is 0 Å². The molecule has 0 aliphatic carbocycles. The van der Waals surface area contributed by atoms with Crippen LogP contribution in [0.5, 0.6) is 17.2 Å². The predicted molar refractivity (Wildman–Crippen MR) is 102 cm³/mol. The van der Waals surface area contributed by atoms with Crippen molar-refractivity contribution in [1.29, 1.82) is 0 Å². The van der Waals surface area contributed by atoms with Crippen molar-refractivity contribution in [2.75, 3.05) is 7.11 Å². The van der Waals surface area contributed by atoms with Gasteiger partial charge >= 0.3 is 11.9 Å². The molecule has 0 atom stereocenters. The number of hydrogen-bond acceptors (Lipinski definition) is 7. The van der Waals surface area contributed by atoms with E-state index in [0.717, 1.165) is 0 Å². The fraction of sp³-hybridized carbons (Fsp3) is 0.190. The van der Waals surface area contributed by atoms with E-state index in [2.05, 4.69) is 0 Å². The van der Waals surface area contributed by atoms with Crippen molar-refractivity contribution in [3.63, 3.8) is 0 Å². The fourth-order valence-corrected chi connectivity index (χ4v) is 2.92. The zero-order valence-electron chi connectivity index (χ0n) is 15.8. The maximum Gasteiger partial charge on any atom is 0.308 e. The summed E-state index contributed by atoms with van der Waals surface area (Å²) < 4.78 is 21.2. The molecule has 0 amide bonds. The number of aryl methyl sites for hydroxylation is 1. The van der Waals surface area contributed by atoms with Gasteiger partial charge in [0.25, 0.3) is 0 Å². The number of hydrogen-bond donors (Lipinski definition) is 0. The minimum atomic E-state index is -0.618. The van der Waals surface area contributed by atoms with Crippen LogP contribution in [0.2, 0.25) is 0 Å². The zero-order valence-corrected chi connectivity index (χ0v) is 15.8. The smallest absolute Gasteiger partial charge is 0.308 e. The van der Waals surface area contributed by atoms with Crippen molar-refractivity contribution >= 4 is 22.9 Å². The molecule has 1 heterocycles. The standard InChI is InChI=1S/C21H18O7/c1-11-19(14-5-7-15(25-4)8-6-14)21(24)20-17(26-11)9-16(27-12(2)22)10-18(20)28-13(3)23/h5-10H,1-4H3. The Morgan fingerprint density at radius 3 is 2.14 bits per heavy atom. The molecule has 3 rings (SSSR count). The van der Waals surface area contributed by atoms with Crippen molar-refractivity contribution in [2.24, 2.45) is 0 Å². The van der Waals surface area contributed by atoms with Gasteiger partial charge in [0.1, 0.15) is 34.0 Å². The largest absolute Gasteiger partial charge is 0.497 e. The highest BCUT2D eigenvalue weighted by atomic mass is 16.5. The second-order valence-corrected chi connectivity index (χ2v) is 6.07. The van der Waals surface area contributed by atoms with Gasteiger partial charge in [-0.05, 0) is 24.6 Å². The summed E-state index contributed by atoms with van der Waals surface area (Å²) in [6, 6.07) is 9.67. The molecule has 0 saturated carbocycles. The molecular formula is C21H18O7. The number of ether oxygens (including phenoxy) is 3. The Hall–Kier alpha value is -3.61. The maximum absolute atomic E-state index is 13.2. The second kappa shape index (κ2) is 7.56. The van der Waals surface area contributed by atoms with Crippen LogP contribution in [0.15, 0.2) is 45.6 Å². The molecule has 7 heteroatoms. The van der Waals surface area contributed by atoms with Crippen LogP contribution in [0.4, 0.5) is 0 Å². The first kappa shape index (κ1) is 19.2. The van der Waals surface area contributed by atoms with Gasteiger partial charge in [-0.15, -0.1) is 0 Å². The highest BCUT2D eigenvalue weighted by Gasteiger charge is 2.20. The Labute approximate surface area is 160 Å². The average Bonchev–Trinajstić information content (AvgIpc) is 2.60. The first-order valence-electron chi connectivity index (χ1n) is 8.43. The summed E-state index contributed by atoms with van der Waals surface area (Å²) in [4.78, 5) is 36.0. The summed E-state index contributed by atoms with van der Waals surface area (Å²) in [5.74, 6) is -0.0790. The SMILES string of the molecule is COc1ccc(-c2c(C)oc3cc(OC(C)=O)cc(OC(C)=O)c3c2=O)cc1. The highest BCUT2D eigenvalue weighted by molar-refractivity contribution is 5.91. The number of methoxy groups -OCH3 is 1. The average molecular weight is 382 g/mol. The normalized spacial score (nSPS) is 10.6. The van der Waals surface area contributed by atoms with Crippen molar-refractivity contribution in [1.82, 2.24) is 0 Å². The molecule has 0 fully saturated rings. The number of esters is 2. The second-order valence-electron chi connectivity index (χ2n) is 6.07. The summed E-state index contributed by atoms with van der Waals surface area (Å²) in [5, 5.41) is 0.0857. The lowest BCUT2D eigenvalue weighted by atomic mass is 10.0. The van der Waals surface area contributed by atoms with Crippen LogP contribution in [0.1, 0.15) is 19.6 Å². The van der Waals surface area contributed by atoms with Gasteiger partial charge in [0.05, 0.1) is 12.7 Å². The van der Waals surface area contributed by atoms with E-state index >= 15 is 0 Å². The molecule has 0 N–H and O–H groups in total. The molecule has 28 heavy (non-hydrogen) atoms. The zero-order chi connectivity index (χ0) is 20.4. The molecule has 0 spiro atoms. The monoisotopic (exact) mass is 382 g/mol. The molecule has 7 nitrogen and oxygen atoms in total. The van der Waals surface area contributed by atoms with Gasteiger partial charge in [-0.3, -0.25) is 14.4 Å². The van der Waals surface area contributed by atoms with Gasteiger partial charge in [0.15, 0.2) is 0 Å². The van der Waals surface area contributed by atoms with E-state index in [1.54, 1.807) is 38.3 Å². The first-order valence-corrected chi connectivity index (χ1v) is 8.43. The summed E-state index contributed by atoms with van der Waals surface area (Å²) in [5.41, 5.74) is 0.750. The summed E-state index contributed by atoms with van der Waals surface area (Å²) >= 11 is 0. The lowest BCUT2D eigenvalue weighted by Crippen LogP contribution is -2.12. The van der Waals surface area contributed by atoms with E-state index in [4.69, 9.17) is 18.6 Å². The fourth-order valence-electron chi connectivity index (χ4n) is 2.92. The van der Waals surface area contributed by atoms with E-state index in [9.17, 15) is 14.4 Å². The lowest BCUT2D eigenvalue weighted by Gasteiger charge is -2.12. The van der Waals surface area contributed by atoms with E-state index in [1.165, 1.54) is 26.0 Å². The molecule has 0 unspecified atom stereocenters. The number of carbonyl (C=O) groups excluding carboxylic acids is 2. The molecule has 0 aliphatic heterocycles. The first-order chi connectivity index (χ1) is 13.3. The summed E-state index contributed by atoms with van der Waals surface area (Å²) in [7, 11) is 1.55. The highest BCUT2D eigenvalue weighted by Crippen LogP contribution is 2.33. The third kappa shape index (κ3) is 3.73. The number of fused-ring (bicyclic) bond motifs is 1. The van der Waals surface area contributed by atoms with Crippen LogP contribution in [0, 0.1) is 6.92 Å². The van der Waals surface area contributed by atoms with Crippen LogP contribution in [-0.2, 0) is 9.59 Å². The molecule has 0 aliphatic rings. The third-order valence-corrected chi connectivity index (χ3v) is 4.00. The van der Waals surface area contributed by atoms with Crippen molar-refractivity contribution in [3.8, 4) is 28.4 Å². The molecule has 3 aromatic rings. The van der Waals surface area contributed by atoms with Gasteiger partial charge in [-0.25, -0.2) is 0 Å². The van der Waals surface area contributed by atoms with Crippen LogP contribution < -0.4 is 19.6 Å². The Bertz CT molecular complexity index is 1120. The topological polar surface area (TPSA) is 92.0 Å². The van der Waals surface area contributed by atoms with Crippen molar-refractivity contribution in [2.45, 2.75) is 20.8 Å². The Kier molecular flexibility index (Phi) is 5.17. The van der Waals surface area contributed by atoms with Crippen molar-refractivity contribution < 1.29 is 28.2 Å². The van der Waals surface area contributed by atoms with E-state index in [1.807, 2.05) is 0 Å². The van der Waals surface area contributed by atoms with Gasteiger partial charge in [-0.1, -0.05) is 12.1 Å². The van der Waals surface area contributed by atoms with E-state index < -0.39 is 11.9 Å². The molecule has 144 valence electrons. The molecule has 2 aromatic carbocycles. The van der Waals surface area contributed by atoms with Crippen LogP contribution in [0.3, 0.4) is 0 Å². The summed E-state index contributed by atoms with van der Waals surface area (Å²) in [6.45, 7) is 4.11. The van der Waals surface area contributed by atoms with Crippen molar-refractivity contribution in [3.05, 3.63) is 52.4 Å². The Morgan fingerprint density at radius 1 is 0.929 bits per heavy atom. The molecule has 1 aromatic heterocycles. The minimum Gasteiger partial charge on any atom is -0.497 e. The van der Waals surface area contributed by atoms with Gasteiger partial charge in [0, 0.05) is 26.0 Å². The quantitative estimate of drug-likeness (QED) is 0.502. The summed E-state index contributed by atoms with van der Waals surface area (Å²) in [6.07, 6.45) is 0. The predicted octanol–water partition coefficient (Wildman–Crippen LogP) is 3.63. The van der Waals surface area contributed by atoms with Crippen LogP contribution >= 0.6 is 0 Å². The number of benzene rings is 2. The number of rotatable bonds is 4. The number of carbonyl (C=O) groups is 2. The Balaban J connectivity index is 2.29. The molecule has 0 saturated heterocycles. The molecular weight excluding hydrogens is 364 g/mol. The lowest BCUT2D eigenvalue weighted by molar-refractivity contribution is -0.132. The van der Waals surface area contributed by atoms with E-state index in [0.29, 0.717) is 22.6 Å². The third-order valence-electron chi connectivity index (χ3n) is 4.00. The van der Waals surface area contributed by atoms with Gasteiger partial charge in [0.2, 0.25) is 5.43 Å². The minimum absolute atomic E-state index is 0.0373. The van der Waals surface area contributed by atoms with E-state index in [-0.39, 0.29) is 27.9 Å². The maximum atomic E-state index is 13.2. The molecule has 0 radical (unpaired) electrons.